The van der Waals surface area contributed by atoms with Crippen LogP contribution in [0.3, 0.4) is 0 Å². The first-order valence-electron chi connectivity index (χ1n) is 6.26. The number of carbonyl (C=O) groups is 1. The van der Waals surface area contributed by atoms with Crippen molar-refractivity contribution in [2.45, 2.75) is 12.1 Å². The number of carbonyl (C=O) groups excluding carboxylic acids is 1. The lowest BCUT2D eigenvalue weighted by molar-refractivity contribution is -0.145. The molecule has 2 unspecified atom stereocenters. The van der Waals surface area contributed by atoms with Crippen molar-refractivity contribution in [2.24, 2.45) is 5.92 Å². The summed E-state index contributed by atoms with van der Waals surface area (Å²) in [6, 6.07) is 5.01. The van der Waals surface area contributed by atoms with Crippen molar-refractivity contribution >= 4 is 5.97 Å². The first-order chi connectivity index (χ1) is 9.32. The topological polar surface area (TPSA) is 29.5 Å². The van der Waals surface area contributed by atoms with Crippen LogP contribution in [0.1, 0.15) is 17.0 Å². The molecule has 1 aromatic rings. The summed E-state index contributed by atoms with van der Waals surface area (Å²) in [7, 11) is 3.20. The van der Waals surface area contributed by atoms with Crippen molar-refractivity contribution in [2.75, 3.05) is 27.2 Å². The Hall–Kier alpha value is -1.56. The van der Waals surface area contributed by atoms with E-state index in [1.54, 1.807) is 0 Å². The highest BCUT2D eigenvalue weighted by atomic mass is 19.4. The molecule has 1 aliphatic heterocycles. The second kappa shape index (κ2) is 5.44. The zero-order valence-corrected chi connectivity index (χ0v) is 11.3. The highest BCUT2D eigenvalue weighted by Crippen LogP contribution is 2.35. The van der Waals surface area contributed by atoms with E-state index in [0.29, 0.717) is 13.1 Å². The quantitative estimate of drug-likeness (QED) is 0.783. The van der Waals surface area contributed by atoms with Gasteiger partial charge < -0.3 is 9.64 Å². The summed E-state index contributed by atoms with van der Waals surface area (Å²) in [4.78, 5) is 13.7. The van der Waals surface area contributed by atoms with Gasteiger partial charge in [-0.05, 0) is 24.7 Å². The highest BCUT2D eigenvalue weighted by molar-refractivity contribution is 5.74. The van der Waals surface area contributed by atoms with Crippen molar-refractivity contribution in [3.63, 3.8) is 0 Å². The molecule has 6 heteroatoms. The first-order valence-corrected chi connectivity index (χ1v) is 6.26. The van der Waals surface area contributed by atoms with Gasteiger partial charge in [0, 0.05) is 19.0 Å². The molecule has 1 saturated heterocycles. The molecule has 0 radical (unpaired) electrons. The molecule has 1 aromatic carbocycles. The SMILES string of the molecule is COC(=O)C1CN(C)CC1c1ccc(C(F)(F)F)cc1. The second-order valence-electron chi connectivity index (χ2n) is 5.08. The molecule has 110 valence electrons. The standard InChI is InChI=1S/C14H16F3NO2/c1-18-7-11(12(8-18)13(19)20-2)9-3-5-10(6-4-9)14(15,16)17/h3-6,11-12H,7-8H2,1-2H3. The molecule has 2 rings (SSSR count). The van der Waals surface area contributed by atoms with E-state index in [4.69, 9.17) is 4.74 Å². The number of benzene rings is 1. The molecule has 1 heterocycles. The van der Waals surface area contributed by atoms with E-state index in [1.165, 1.54) is 19.2 Å². The lowest BCUT2D eigenvalue weighted by atomic mass is 9.88. The molecular weight excluding hydrogens is 271 g/mol. The Labute approximate surface area is 115 Å². The molecule has 0 spiro atoms. The van der Waals surface area contributed by atoms with Crippen molar-refractivity contribution in [1.29, 1.82) is 0 Å². The van der Waals surface area contributed by atoms with Gasteiger partial charge in [0.25, 0.3) is 0 Å². The van der Waals surface area contributed by atoms with E-state index in [-0.39, 0.29) is 17.8 Å². The number of esters is 1. The predicted molar refractivity (Wildman–Crippen MR) is 67.2 cm³/mol. The van der Waals surface area contributed by atoms with E-state index in [0.717, 1.165) is 17.7 Å². The van der Waals surface area contributed by atoms with Crippen LogP contribution >= 0.6 is 0 Å². The van der Waals surface area contributed by atoms with E-state index in [2.05, 4.69) is 0 Å². The van der Waals surface area contributed by atoms with Crippen LogP contribution in [0.15, 0.2) is 24.3 Å². The second-order valence-corrected chi connectivity index (χ2v) is 5.08. The Morgan fingerprint density at radius 1 is 1.25 bits per heavy atom. The van der Waals surface area contributed by atoms with Crippen LogP contribution in [-0.4, -0.2) is 38.1 Å². The van der Waals surface area contributed by atoms with Crippen LogP contribution < -0.4 is 0 Å². The zero-order valence-electron chi connectivity index (χ0n) is 11.3. The number of likely N-dealkylation sites (N-methyl/N-ethyl adjacent to an activating group) is 1. The van der Waals surface area contributed by atoms with Crippen LogP contribution in [-0.2, 0) is 15.7 Å². The Bertz CT molecular complexity index is 484. The third-order valence-electron chi connectivity index (χ3n) is 3.67. The van der Waals surface area contributed by atoms with Gasteiger partial charge in [-0.1, -0.05) is 12.1 Å². The van der Waals surface area contributed by atoms with Crippen molar-refractivity contribution < 1.29 is 22.7 Å². The summed E-state index contributed by atoms with van der Waals surface area (Å²) < 4.78 is 42.4. The van der Waals surface area contributed by atoms with Gasteiger partial charge in [-0.25, -0.2) is 0 Å². The molecule has 1 aliphatic rings. The molecule has 0 amide bonds. The van der Waals surface area contributed by atoms with Crippen LogP contribution in [0.4, 0.5) is 13.2 Å². The van der Waals surface area contributed by atoms with Gasteiger partial charge in [-0.15, -0.1) is 0 Å². The lowest BCUT2D eigenvalue weighted by Crippen LogP contribution is -2.23. The van der Waals surface area contributed by atoms with E-state index >= 15 is 0 Å². The number of rotatable bonds is 2. The third kappa shape index (κ3) is 2.95. The first kappa shape index (κ1) is 14.8. The average Bonchev–Trinajstić information content (AvgIpc) is 2.79. The summed E-state index contributed by atoms with van der Waals surface area (Å²) in [5.41, 5.74) is 0.0555. The molecule has 2 atom stereocenters. The van der Waals surface area contributed by atoms with Crippen LogP contribution in [0.5, 0.6) is 0 Å². The van der Waals surface area contributed by atoms with E-state index in [9.17, 15) is 18.0 Å². The number of ether oxygens (including phenoxy) is 1. The maximum absolute atomic E-state index is 12.5. The molecule has 0 N–H and O–H groups in total. The Kier molecular flexibility index (Phi) is 4.04. The van der Waals surface area contributed by atoms with Gasteiger partial charge in [0.2, 0.25) is 0 Å². The predicted octanol–water partition coefficient (Wildman–Crippen LogP) is 2.52. The van der Waals surface area contributed by atoms with Gasteiger partial charge in [0.1, 0.15) is 0 Å². The van der Waals surface area contributed by atoms with Crippen LogP contribution in [0.2, 0.25) is 0 Å². The fourth-order valence-electron chi connectivity index (χ4n) is 2.65. The minimum atomic E-state index is -4.34. The average molecular weight is 287 g/mol. The minimum Gasteiger partial charge on any atom is -0.469 e. The van der Waals surface area contributed by atoms with Gasteiger partial charge in [0.05, 0.1) is 18.6 Å². The smallest absolute Gasteiger partial charge is 0.416 e. The fourth-order valence-corrected chi connectivity index (χ4v) is 2.65. The summed E-state index contributed by atoms with van der Waals surface area (Å²) in [6.07, 6.45) is -4.34. The Balaban J connectivity index is 2.24. The monoisotopic (exact) mass is 287 g/mol. The van der Waals surface area contributed by atoms with Crippen LogP contribution in [0.25, 0.3) is 0 Å². The number of methoxy groups -OCH3 is 1. The summed E-state index contributed by atoms with van der Waals surface area (Å²) in [6.45, 7) is 1.18. The Morgan fingerprint density at radius 3 is 2.35 bits per heavy atom. The number of likely N-dealkylation sites (tertiary alicyclic amines) is 1. The van der Waals surface area contributed by atoms with Crippen molar-refractivity contribution in [3.8, 4) is 0 Å². The van der Waals surface area contributed by atoms with Gasteiger partial charge >= 0.3 is 12.1 Å². The largest absolute Gasteiger partial charge is 0.469 e. The van der Waals surface area contributed by atoms with E-state index < -0.39 is 11.7 Å². The number of halogens is 3. The van der Waals surface area contributed by atoms with Gasteiger partial charge in [-0.3, -0.25) is 4.79 Å². The van der Waals surface area contributed by atoms with Crippen molar-refractivity contribution in [3.05, 3.63) is 35.4 Å². The maximum atomic E-state index is 12.5. The number of hydrogen-bond donors (Lipinski definition) is 0. The van der Waals surface area contributed by atoms with Gasteiger partial charge in [0.15, 0.2) is 0 Å². The number of hydrogen-bond acceptors (Lipinski definition) is 3. The molecule has 1 fully saturated rings. The summed E-state index contributed by atoms with van der Waals surface area (Å²) >= 11 is 0. The molecule has 3 nitrogen and oxygen atoms in total. The maximum Gasteiger partial charge on any atom is 0.416 e. The van der Waals surface area contributed by atoms with Crippen LogP contribution in [0, 0.1) is 5.92 Å². The molecule has 0 aromatic heterocycles. The van der Waals surface area contributed by atoms with Gasteiger partial charge in [-0.2, -0.15) is 13.2 Å². The minimum absolute atomic E-state index is 0.130. The van der Waals surface area contributed by atoms with Crippen molar-refractivity contribution in [1.82, 2.24) is 4.90 Å². The summed E-state index contributed by atoms with van der Waals surface area (Å²) in [5.74, 6) is -0.782. The van der Waals surface area contributed by atoms with E-state index in [1.807, 2.05) is 11.9 Å². The molecule has 0 aliphatic carbocycles. The third-order valence-corrected chi connectivity index (χ3v) is 3.67. The normalized spacial score (nSPS) is 23.9. The number of nitrogens with zero attached hydrogens (tertiary/aromatic N) is 1. The molecule has 0 saturated carbocycles. The Morgan fingerprint density at radius 2 is 1.85 bits per heavy atom. The zero-order chi connectivity index (χ0) is 14.9. The fraction of sp³-hybridized carbons (Fsp3) is 0.500. The molecular formula is C14H16F3NO2. The molecule has 20 heavy (non-hydrogen) atoms. The lowest BCUT2D eigenvalue weighted by Gasteiger charge is -2.17. The summed E-state index contributed by atoms with van der Waals surface area (Å²) in [5, 5.41) is 0. The highest BCUT2D eigenvalue weighted by Gasteiger charge is 2.38. The molecule has 0 bridgehead atoms. The number of alkyl halides is 3.